The zero-order valence-electron chi connectivity index (χ0n) is 13.4. The summed E-state index contributed by atoms with van der Waals surface area (Å²) >= 11 is 0. The summed E-state index contributed by atoms with van der Waals surface area (Å²) < 4.78 is 32.5. The molecule has 3 N–H and O–H groups in total. The van der Waals surface area contributed by atoms with Crippen LogP contribution in [0.3, 0.4) is 0 Å². The van der Waals surface area contributed by atoms with Crippen LogP contribution in [0.25, 0.3) is 0 Å². The lowest BCUT2D eigenvalue weighted by Crippen LogP contribution is -2.24. The van der Waals surface area contributed by atoms with E-state index in [1.807, 2.05) is 26.8 Å². The number of hydrogen-bond donors (Lipinski definition) is 2. The first-order chi connectivity index (χ1) is 11.2. The van der Waals surface area contributed by atoms with Crippen LogP contribution in [-0.2, 0) is 5.41 Å². The summed E-state index contributed by atoms with van der Waals surface area (Å²) in [6.07, 6.45) is 0. The summed E-state index contributed by atoms with van der Waals surface area (Å²) in [7, 11) is 0. The van der Waals surface area contributed by atoms with Crippen LogP contribution in [0.15, 0.2) is 29.7 Å². The third kappa shape index (κ3) is 2.40. The third-order valence-electron chi connectivity index (χ3n) is 3.97. The highest BCUT2D eigenvalue weighted by Crippen LogP contribution is 2.45. The maximum atomic E-state index is 13.7. The molecule has 0 saturated heterocycles. The number of halogens is 2. The van der Waals surface area contributed by atoms with Gasteiger partial charge in [0.1, 0.15) is 11.6 Å². The van der Waals surface area contributed by atoms with E-state index >= 15 is 0 Å². The summed E-state index contributed by atoms with van der Waals surface area (Å²) in [6, 6.07) is 5.55. The van der Waals surface area contributed by atoms with Gasteiger partial charge in [-0.1, -0.05) is 26.8 Å². The summed E-state index contributed by atoms with van der Waals surface area (Å²) in [5.41, 5.74) is 7.41. The number of H-pyrrole nitrogens is 1. The van der Waals surface area contributed by atoms with Gasteiger partial charge < -0.3 is 10.5 Å². The van der Waals surface area contributed by atoms with E-state index in [0.717, 1.165) is 17.8 Å². The highest BCUT2D eigenvalue weighted by atomic mass is 19.2. The van der Waals surface area contributed by atoms with Crippen LogP contribution < -0.4 is 10.5 Å². The van der Waals surface area contributed by atoms with Crippen LogP contribution in [0.5, 0.6) is 5.88 Å². The quantitative estimate of drug-likeness (QED) is 0.840. The Morgan fingerprint density at radius 2 is 2.00 bits per heavy atom. The second kappa shape index (κ2) is 5.34. The van der Waals surface area contributed by atoms with Gasteiger partial charge in [-0.15, -0.1) is 5.10 Å². The van der Waals surface area contributed by atoms with Crippen molar-refractivity contribution >= 4 is 0 Å². The van der Waals surface area contributed by atoms with Gasteiger partial charge in [0.2, 0.25) is 11.8 Å². The zero-order valence-corrected chi connectivity index (χ0v) is 13.4. The summed E-state index contributed by atoms with van der Waals surface area (Å²) in [5.74, 6) is -2.47. The normalized spacial score (nSPS) is 17.2. The fourth-order valence-corrected chi connectivity index (χ4v) is 2.84. The van der Waals surface area contributed by atoms with E-state index in [1.54, 1.807) is 0 Å². The third-order valence-corrected chi connectivity index (χ3v) is 3.97. The SMILES string of the molecule is CC(C)(C)c1[nH]nc2c1[C@@H](c1ccc(F)c(F)c1)C(C#N)=C(N)O2. The number of aromatic nitrogens is 2. The monoisotopic (exact) mass is 330 g/mol. The highest BCUT2D eigenvalue weighted by Gasteiger charge is 2.38. The lowest BCUT2D eigenvalue weighted by Gasteiger charge is -2.27. The molecule has 0 unspecified atom stereocenters. The molecular formula is C17H16F2N4O. The molecule has 0 spiro atoms. The zero-order chi connectivity index (χ0) is 17.6. The Balaban J connectivity index is 2.28. The Kier molecular flexibility index (Phi) is 3.56. The van der Waals surface area contributed by atoms with Crippen molar-refractivity contribution in [3.63, 3.8) is 0 Å². The lowest BCUT2D eigenvalue weighted by molar-refractivity contribution is 0.378. The van der Waals surface area contributed by atoms with Crippen molar-refractivity contribution in [3.05, 3.63) is 58.1 Å². The van der Waals surface area contributed by atoms with Crippen LogP contribution in [-0.4, -0.2) is 10.2 Å². The maximum absolute atomic E-state index is 13.7. The summed E-state index contributed by atoms with van der Waals surface area (Å²) in [4.78, 5) is 0. The van der Waals surface area contributed by atoms with Gasteiger partial charge in [0, 0.05) is 11.1 Å². The van der Waals surface area contributed by atoms with E-state index in [1.165, 1.54) is 6.07 Å². The van der Waals surface area contributed by atoms with Gasteiger partial charge in [-0.2, -0.15) is 5.26 Å². The van der Waals surface area contributed by atoms with E-state index in [2.05, 4.69) is 10.2 Å². The smallest absolute Gasteiger partial charge is 0.244 e. The van der Waals surface area contributed by atoms with Gasteiger partial charge in [0.05, 0.1) is 11.5 Å². The van der Waals surface area contributed by atoms with E-state index in [4.69, 9.17) is 10.5 Å². The minimum Gasteiger partial charge on any atom is -0.420 e. The van der Waals surface area contributed by atoms with Crippen LogP contribution in [0.1, 0.15) is 43.5 Å². The Hall–Kier alpha value is -2.88. The molecular weight excluding hydrogens is 314 g/mol. The van der Waals surface area contributed by atoms with Crippen molar-refractivity contribution < 1.29 is 13.5 Å². The molecule has 1 aliphatic heterocycles. The average Bonchev–Trinajstić information content (AvgIpc) is 2.92. The molecule has 0 fully saturated rings. The molecule has 1 atom stereocenters. The first-order valence-electron chi connectivity index (χ1n) is 7.35. The van der Waals surface area contributed by atoms with E-state index in [-0.39, 0.29) is 22.8 Å². The van der Waals surface area contributed by atoms with Crippen molar-refractivity contribution in [2.24, 2.45) is 5.73 Å². The molecule has 7 heteroatoms. The molecule has 5 nitrogen and oxygen atoms in total. The molecule has 2 heterocycles. The number of allylic oxidation sites excluding steroid dienone is 1. The molecule has 3 rings (SSSR count). The molecule has 24 heavy (non-hydrogen) atoms. The molecule has 1 aromatic heterocycles. The van der Waals surface area contributed by atoms with Crippen molar-refractivity contribution in [1.29, 1.82) is 5.26 Å². The number of benzene rings is 1. The molecule has 0 bridgehead atoms. The predicted molar refractivity (Wildman–Crippen MR) is 82.9 cm³/mol. The first kappa shape index (κ1) is 16.0. The number of ether oxygens (including phenoxy) is 1. The number of fused-ring (bicyclic) bond motifs is 1. The van der Waals surface area contributed by atoms with Crippen molar-refractivity contribution in [3.8, 4) is 11.9 Å². The minimum atomic E-state index is -0.989. The van der Waals surface area contributed by atoms with Crippen molar-refractivity contribution in [2.45, 2.75) is 32.1 Å². The van der Waals surface area contributed by atoms with Crippen LogP contribution in [0.2, 0.25) is 0 Å². The standard InChI is InChI=1S/C17H16F2N4O/c1-17(2,3)14-13-12(8-4-5-10(18)11(19)6-8)9(7-20)15(21)24-16(13)23-22-14/h4-6,12H,21H2,1-3H3,(H,22,23)/t12-/m0/s1. The van der Waals surface area contributed by atoms with Crippen molar-refractivity contribution in [2.75, 3.05) is 0 Å². The highest BCUT2D eigenvalue weighted by molar-refractivity contribution is 5.56. The Labute approximate surface area is 137 Å². The fraction of sp³-hybridized carbons (Fsp3) is 0.294. The number of aromatic amines is 1. The molecule has 0 amide bonds. The molecule has 0 saturated carbocycles. The number of hydrogen-bond acceptors (Lipinski definition) is 4. The second-order valence-electron chi connectivity index (χ2n) is 6.67. The lowest BCUT2D eigenvalue weighted by atomic mass is 9.79. The van der Waals surface area contributed by atoms with E-state index in [0.29, 0.717) is 11.1 Å². The van der Waals surface area contributed by atoms with Crippen LogP contribution in [0.4, 0.5) is 8.78 Å². The topological polar surface area (TPSA) is 87.7 Å². The largest absolute Gasteiger partial charge is 0.420 e. The van der Waals surface area contributed by atoms with Gasteiger partial charge in [0.25, 0.3) is 0 Å². The summed E-state index contributed by atoms with van der Waals surface area (Å²) in [6.45, 7) is 5.91. The number of rotatable bonds is 1. The molecule has 0 aliphatic carbocycles. The Bertz CT molecular complexity index is 887. The second-order valence-corrected chi connectivity index (χ2v) is 6.67. The molecule has 1 aliphatic rings. The average molecular weight is 330 g/mol. The molecule has 2 aromatic rings. The minimum absolute atomic E-state index is 0.0910. The molecule has 124 valence electrons. The number of nitriles is 1. The van der Waals surface area contributed by atoms with Crippen molar-refractivity contribution in [1.82, 2.24) is 10.2 Å². The van der Waals surface area contributed by atoms with Crippen LogP contribution in [0, 0.1) is 23.0 Å². The Morgan fingerprint density at radius 3 is 2.58 bits per heavy atom. The Morgan fingerprint density at radius 1 is 1.29 bits per heavy atom. The van der Waals surface area contributed by atoms with Gasteiger partial charge in [-0.25, -0.2) is 8.78 Å². The number of nitrogens with zero attached hydrogens (tertiary/aromatic N) is 2. The van der Waals surface area contributed by atoms with Crippen LogP contribution >= 0.6 is 0 Å². The molecule has 1 aromatic carbocycles. The summed E-state index contributed by atoms with van der Waals surface area (Å²) in [5, 5.41) is 16.5. The fourth-order valence-electron chi connectivity index (χ4n) is 2.84. The van der Waals surface area contributed by atoms with E-state index < -0.39 is 17.6 Å². The van der Waals surface area contributed by atoms with Gasteiger partial charge in [0.15, 0.2) is 11.6 Å². The molecule has 0 radical (unpaired) electrons. The first-order valence-corrected chi connectivity index (χ1v) is 7.35. The van der Waals surface area contributed by atoms with Gasteiger partial charge in [-0.3, -0.25) is 5.10 Å². The van der Waals surface area contributed by atoms with Gasteiger partial charge in [-0.05, 0) is 17.7 Å². The maximum Gasteiger partial charge on any atom is 0.244 e. The predicted octanol–water partition coefficient (Wildman–Crippen LogP) is 3.20. The van der Waals surface area contributed by atoms with Gasteiger partial charge >= 0.3 is 0 Å². The number of nitrogens with one attached hydrogen (secondary N) is 1. The van der Waals surface area contributed by atoms with E-state index in [9.17, 15) is 14.0 Å². The number of nitrogens with two attached hydrogens (primary N) is 1.